The van der Waals surface area contributed by atoms with Crippen molar-refractivity contribution in [1.82, 2.24) is 0 Å². The van der Waals surface area contributed by atoms with Gasteiger partial charge in [-0.25, -0.2) is 0 Å². The zero-order valence-corrected chi connectivity index (χ0v) is 8.39. The Morgan fingerprint density at radius 3 is 2.07 bits per heavy atom. The third-order valence-corrected chi connectivity index (χ3v) is 1.57. The summed E-state index contributed by atoms with van der Waals surface area (Å²) in [6, 6.07) is 8.66. The molecule has 0 spiro atoms. The van der Waals surface area contributed by atoms with Gasteiger partial charge in [-0.1, -0.05) is 18.2 Å². The lowest BCUT2D eigenvalue weighted by Crippen LogP contribution is -2.33. The van der Waals surface area contributed by atoms with Gasteiger partial charge < -0.3 is 15.9 Å². The maximum absolute atomic E-state index is 9.65. The van der Waals surface area contributed by atoms with Crippen LogP contribution in [0.3, 0.4) is 0 Å². The first-order valence-electron chi connectivity index (χ1n) is 3.91. The van der Waals surface area contributed by atoms with E-state index < -0.39 is 18.6 Å². The minimum Gasteiger partial charge on any atom is -0.480 e. The van der Waals surface area contributed by atoms with Gasteiger partial charge in [0, 0.05) is 4.90 Å². The van der Waals surface area contributed by atoms with Gasteiger partial charge in [-0.15, -0.1) is 12.6 Å². The topological polar surface area (TPSA) is 83.5 Å². The van der Waals surface area contributed by atoms with Crippen molar-refractivity contribution in [2.75, 3.05) is 6.61 Å². The summed E-state index contributed by atoms with van der Waals surface area (Å²) in [7, 11) is 0. The summed E-state index contributed by atoms with van der Waals surface area (Å²) < 4.78 is 0. The molecule has 0 radical (unpaired) electrons. The standard InChI is InChI=1S/C6H6S.C3H7NO3/c7-6-4-2-1-3-5-6;4-2(1-5)3(6)7/h1-5,7H;2,5H,1,4H2,(H,6,7). The van der Waals surface area contributed by atoms with E-state index in [0.29, 0.717) is 0 Å². The van der Waals surface area contributed by atoms with Crippen molar-refractivity contribution in [2.24, 2.45) is 5.73 Å². The van der Waals surface area contributed by atoms with E-state index in [2.05, 4.69) is 12.6 Å². The molecule has 0 aliphatic heterocycles. The van der Waals surface area contributed by atoms with E-state index in [1.165, 1.54) is 0 Å². The Bertz CT molecular complexity index is 266. The molecule has 4 N–H and O–H groups in total. The lowest BCUT2D eigenvalue weighted by atomic mass is 10.3. The Labute approximate surface area is 87.8 Å². The number of carboxylic acids is 1. The maximum Gasteiger partial charge on any atom is 0.322 e. The van der Waals surface area contributed by atoms with Crippen molar-refractivity contribution in [3.63, 3.8) is 0 Å². The summed E-state index contributed by atoms with van der Waals surface area (Å²) in [6.07, 6.45) is 0. The van der Waals surface area contributed by atoms with Gasteiger partial charge in [0.2, 0.25) is 0 Å². The summed E-state index contributed by atoms with van der Waals surface area (Å²) in [5.74, 6) is -1.18. The lowest BCUT2D eigenvalue weighted by Gasteiger charge is -1.96. The molecule has 78 valence electrons. The maximum atomic E-state index is 9.65. The van der Waals surface area contributed by atoms with Gasteiger partial charge >= 0.3 is 5.97 Å². The largest absolute Gasteiger partial charge is 0.480 e. The van der Waals surface area contributed by atoms with Crippen molar-refractivity contribution < 1.29 is 15.0 Å². The Hall–Kier alpha value is -1.04. The first-order valence-corrected chi connectivity index (χ1v) is 4.36. The quantitative estimate of drug-likeness (QED) is 0.537. The van der Waals surface area contributed by atoms with Gasteiger partial charge in [-0.3, -0.25) is 4.79 Å². The third-order valence-electron chi connectivity index (χ3n) is 1.27. The predicted molar refractivity (Wildman–Crippen MR) is 56.4 cm³/mol. The van der Waals surface area contributed by atoms with Crippen molar-refractivity contribution in [3.8, 4) is 0 Å². The number of aliphatic hydroxyl groups is 1. The van der Waals surface area contributed by atoms with Crippen LogP contribution in [0.25, 0.3) is 0 Å². The summed E-state index contributed by atoms with van der Waals surface area (Å²) >= 11 is 4.08. The summed E-state index contributed by atoms with van der Waals surface area (Å²) in [5, 5.41) is 15.9. The van der Waals surface area contributed by atoms with Crippen molar-refractivity contribution in [3.05, 3.63) is 30.3 Å². The summed E-state index contributed by atoms with van der Waals surface area (Å²) in [4.78, 5) is 10.7. The van der Waals surface area contributed by atoms with Crippen LogP contribution in [0.5, 0.6) is 0 Å². The number of hydrogen-bond donors (Lipinski definition) is 4. The Morgan fingerprint density at radius 1 is 1.43 bits per heavy atom. The molecule has 4 nitrogen and oxygen atoms in total. The molecule has 1 atom stereocenters. The van der Waals surface area contributed by atoms with Crippen LogP contribution < -0.4 is 5.73 Å². The fraction of sp³-hybridized carbons (Fsp3) is 0.222. The second kappa shape index (κ2) is 7.37. The molecule has 0 amide bonds. The van der Waals surface area contributed by atoms with Crippen LogP contribution in [0.15, 0.2) is 35.2 Å². The molecule has 0 aliphatic rings. The van der Waals surface area contributed by atoms with E-state index in [-0.39, 0.29) is 0 Å². The zero-order chi connectivity index (χ0) is 11.0. The fourth-order valence-corrected chi connectivity index (χ4v) is 0.678. The molecule has 1 aromatic carbocycles. The van der Waals surface area contributed by atoms with Crippen LogP contribution in [-0.2, 0) is 4.79 Å². The second-order valence-corrected chi connectivity index (χ2v) is 2.98. The molecule has 0 fully saturated rings. The highest BCUT2D eigenvalue weighted by Gasteiger charge is 2.06. The van der Waals surface area contributed by atoms with Crippen LogP contribution in [0.1, 0.15) is 0 Å². The number of aliphatic carboxylic acids is 1. The molecule has 0 bridgehead atoms. The first-order chi connectivity index (χ1) is 6.57. The fourth-order valence-electron chi connectivity index (χ4n) is 0.506. The van der Waals surface area contributed by atoms with Crippen LogP contribution in [0.4, 0.5) is 0 Å². The SMILES string of the molecule is NC(CO)C(=O)O.Sc1ccccc1. The first kappa shape index (κ1) is 13.0. The molecule has 5 heteroatoms. The lowest BCUT2D eigenvalue weighted by molar-refractivity contribution is -0.139. The normalized spacial score (nSPS) is 11.1. The summed E-state index contributed by atoms with van der Waals surface area (Å²) in [5.41, 5.74) is 4.77. The highest BCUT2D eigenvalue weighted by molar-refractivity contribution is 7.80. The minimum absolute atomic E-state index is 0.505. The molecule has 1 aromatic rings. The van der Waals surface area contributed by atoms with Crippen LogP contribution in [0, 0.1) is 0 Å². The molecule has 0 aliphatic carbocycles. The average Bonchev–Trinajstić information content (AvgIpc) is 2.18. The average molecular weight is 215 g/mol. The van der Waals surface area contributed by atoms with Crippen molar-refractivity contribution in [2.45, 2.75) is 10.9 Å². The summed E-state index contributed by atoms with van der Waals surface area (Å²) in [6.45, 7) is -0.505. The van der Waals surface area contributed by atoms with Crippen LogP contribution in [-0.4, -0.2) is 28.8 Å². The second-order valence-electron chi connectivity index (χ2n) is 2.46. The molecule has 1 unspecified atom stereocenters. The number of carbonyl (C=O) groups is 1. The van der Waals surface area contributed by atoms with Gasteiger partial charge in [-0.05, 0) is 12.1 Å². The molecule has 0 saturated heterocycles. The molecule has 14 heavy (non-hydrogen) atoms. The highest BCUT2D eigenvalue weighted by Crippen LogP contribution is 2.00. The zero-order valence-electron chi connectivity index (χ0n) is 7.50. The van der Waals surface area contributed by atoms with E-state index in [0.717, 1.165) is 4.90 Å². The van der Waals surface area contributed by atoms with Crippen LogP contribution in [0.2, 0.25) is 0 Å². The number of aliphatic hydroxyl groups excluding tert-OH is 1. The van der Waals surface area contributed by atoms with E-state index in [4.69, 9.17) is 15.9 Å². The van der Waals surface area contributed by atoms with E-state index in [1.807, 2.05) is 30.3 Å². The molecular weight excluding hydrogens is 202 g/mol. The number of thiol groups is 1. The van der Waals surface area contributed by atoms with Crippen molar-refractivity contribution in [1.29, 1.82) is 0 Å². The van der Waals surface area contributed by atoms with E-state index in [9.17, 15) is 4.79 Å². The third kappa shape index (κ3) is 6.47. The van der Waals surface area contributed by atoms with Gasteiger partial charge in [0.05, 0.1) is 6.61 Å². The van der Waals surface area contributed by atoms with E-state index >= 15 is 0 Å². The number of hydrogen-bond acceptors (Lipinski definition) is 4. The van der Waals surface area contributed by atoms with Gasteiger partial charge in [0.15, 0.2) is 0 Å². The molecule has 0 heterocycles. The number of carboxylic acid groups (broad SMARTS) is 1. The highest BCUT2D eigenvalue weighted by atomic mass is 32.1. The predicted octanol–water partition coefficient (Wildman–Crippen LogP) is 0.366. The number of benzene rings is 1. The van der Waals surface area contributed by atoms with Crippen molar-refractivity contribution >= 4 is 18.6 Å². The Kier molecular flexibility index (Phi) is 6.82. The van der Waals surface area contributed by atoms with Gasteiger partial charge in [0.1, 0.15) is 6.04 Å². The van der Waals surface area contributed by atoms with Crippen LogP contribution >= 0.6 is 12.6 Å². The van der Waals surface area contributed by atoms with E-state index in [1.54, 1.807) is 0 Å². The number of nitrogens with two attached hydrogens (primary N) is 1. The van der Waals surface area contributed by atoms with Gasteiger partial charge in [0.25, 0.3) is 0 Å². The number of rotatable bonds is 2. The molecule has 0 aromatic heterocycles. The Morgan fingerprint density at radius 2 is 1.93 bits per heavy atom. The van der Waals surface area contributed by atoms with Gasteiger partial charge in [-0.2, -0.15) is 0 Å². The minimum atomic E-state index is -1.18. The Balaban J connectivity index is 0.000000241. The smallest absolute Gasteiger partial charge is 0.322 e. The monoisotopic (exact) mass is 215 g/mol. The molecular formula is C9H13NO3S. The molecule has 0 saturated carbocycles. The molecule has 1 rings (SSSR count).